The van der Waals surface area contributed by atoms with Gasteiger partial charge in [-0.3, -0.25) is 19.7 Å². The molecule has 0 aromatic heterocycles. The molecule has 0 spiro atoms. The number of nitro benzene ring substituents is 1. The van der Waals surface area contributed by atoms with Crippen LogP contribution in [0.1, 0.15) is 24.8 Å². The first-order chi connectivity index (χ1) is 10.9. The van der Waals surface area contributed by atoms with Crippen molar-refractivity contribution in [3.63, 3.8) is 0 Å². The standard InChI is InChI=1S/C15H18N2O6/c1-3-23-15(20)13-11(8-12(18)16(2)14(13)19)9-4-6-10(7-5-9)17(21)22/h4-7,11-13,18H,3,8H2,1-2H3/t11-,12+,13-/m0/s1. The van der Waals surface area contributed by atoms with Crippen molar-refractivity contribution in [2.45, 2.75) is 25.5 Å². The topological polar surface area (TPSA) is 110 Å². The lowest BCUT2D eigenvalue weighted by molar-refractivity contribution is -0.384. The number of carbonyl (C=O) groups excluding carboxylic acids is 2. The summed E-state index contributed by atoms with van der Waals surface area (Å²) in [6.45, 7) is 1.78. The average molecular weight is 322 g/mol. The van der Waals surface area contributed by atoms with Gasteiger partial charge in [0.2, 0.25) is 5.91 Å². The average Bonchev–Trinajstić information content (AvgIpc) is 2.52. The lowest BCUT2D eigenvalue weighted by atomic mass is 9.79. The minimum atomic E-state index is -1.06. The molecule has 1 amide bonds. The molecule has 1 aromatic rings. The van der Waals surface area contributed by atoms with Crippen molar-refractivity contribution in [1.82, 2.24) is 4.90 Å². The molecule has 0 unspecified atom stereocenters. The van der Waals surface area contributed by atoms with E-state index in [2.05, 4.69) is 0 Å². The second kappa shape index (κ2) is 6.74. The Morgan fingerprint density at radius 1 is 1.43 bits per heavy atom. The molecule has 1 fully saturated rings. The van der Waals surface area contributed by atoms with Crippen molar-refractivity contribution in [3.05, 3.63) is 39.9 Å². The van der Waals surface area contributed by atoms with Gasteiger partial charge in [0.25, 0.3) is 5.69 Å². The molecule has 23 heavy (non-hydrogen) atoms. The Morgan fingerprint density at radius 2 is 2.04 bits per heavy atom. The van der Waals surface area contributed by atoms with E-state index >= 15 is 0 Å². The van der Waals surface area contributed by atoms with Crippen molar-refractivity contribution in [2.24, 2.45) is 5.92 Å². The fourth-order valence-electron chi connectivity index (χ4n) is 2.73. The molecule has 0 bridgehead atoms. The Kier molecular flexibility index (Phi) is 4.95. The predicted molar refractivity (Wildman–Crippen MR) is 79.4 cm³/mol. The number of piperidine rings is 1. The number of amides is 1. The molecule has 0 radical (unpaired) electrons. The van der Waals surface area contributed by atoms with Crippen molar-refractivity contribution in [3.8, 4) is 0 Å². The quantitative estimate of drug-likeness (QED) is 0.384. The van der Waals surface area contributed by atoms with E-state index in [1.807, 2.05) is 0 Å². The van der Waals surface area contributed by atoms with Gasteiger partial charge < -0.3 is 14.7 Å². The molecule has 1 aliphatic heterocycles. The molecule has 8 nitrogen and oxygen atoms in total. The molecule has 1 heterocycles. The molecule has 2 rings (SSSR count). The van der Waals surface area contributed by atoms with Crippen LogP contribution in [0.5, 0.6) is 0 Å². The predicted octanol–water partition coefficient (Wildman–Crippen LogP) is 1.04. The van der Waals surface area contributed by atoms with Crippen LogP contribution in [0.3, 0.4) is 0 Å². The number of esters is 1. The summed E-state index contributed by atoms with van der Waals surface area (Å²) in [6.07, 6.45) is -0.864. The fraction of sp³-hybridized carbons (Fsp3) is 0.467. The number of nitrogens with zero attached hydrogens (tertiary/aromatic N) is 2. The summed E-state index contributed by atoms with van der Waals surface area (Å²) in [5.41, 5.74) is 0.496. The zero-order chi connectivity index (χ0) is 17.1. The van der Waals surface area contributed by atoms with E-state index in [9.17, 15) is 24.8 Å². The highest BCUT2D eigenvalue weighted by Gasteiger charge is 2.45. The molecule has 1 aromatic carbocycles. The van der Waals surface area contributed by atoms with Gasteiger partial charge in [0, 0.05) is 31.5 Å². The fourth-order valence-corrected chi connectivity index (χ4v) is 2.73. The first-order valence-electron chi connectivity index (χ1n) is 7.22. The number of non-ortho nitro benzene ring substituents is 1. The summed E-state index contributed by atoms with van der Waals surface area (Å²) < 4.78 is 4.97. The molecule has 1 aliphatic rings. The van der Waals surface area contributed by atoms with Gasteiger partial charge in [0.15, 0.2) is 0 Å². The van der Waals surface area contributed by atoms with Gasteiger partial charge in [-0.15, -0.1) is 0 Å². The molecule has 3 atom stereocenters. The summed E-state index contributed by atoms with van der Waals surface area (Å²) in [4.78, 5) is 35.8. The van der Waals surface area contributed by atoms with Crippen LogP contribution in [0.15, 0.2) is 24.3 Å². The largest absolute Gasteiger partial charge is 0.465 e. The van der Waals surface area contributed by atoms with Crippen LogP contribution in [0, 0.1) is 16.0 Å². The van der Waals surface area contributed by atoms with Crippen LogP contribution in [0.2, 0.25) is 0 Å². The Morgan fingerprint density at radius 3 is 2.57 bits per heavy atom. The van der Waals surface area contributed by atoms with Crippen molar-refractivity contribution >= 4 is 17.6 Å². The highest BCUT2D eigenvalue weighted by atomic mass is 16.6. The molecular formula is C15H18N2O6. The van der Waals surface area contributed by atoms with Crippen LogP contribution in [0.4, 0.5) is 5.69 Å². The normalized spacial score (nSPS) is 24.4. The molecule has 124 valence electrons. The third-order valence-electron chi connectivity index (χ3n) is 4.00. The van der Waals surface area contributed by atoms with E-state index in [1.165, 1.54) is 31.3 Å². The third kappa shape index (κ3) is 3.31. The molecular weight excluding hydrogens is 304 g/mol. The minimum Gasteiger partial charge on any atom is -0.465 e. The third-order valence-corrected chi connectivity index (χ3v) is 4.00. The summed E-state index contributed by atoms with van der Waals surface area (Å²) in [5.74, 6) is -2.83. The highest BCUT2D eigenvalue weighted by molar-refractivity contribution is 5.99. The number of benzene rings is 1. The minimum absolute atomic E-state index is 0.0822. The van der Waals surface area contributed by atoms with Gasteiger partial charge in [-0.05, 0) is 12.5 Å². The summed E-state index contributed by atoms with van der Waals surface area (Å²) in [6, 6.07) is 5.63. The van der Waals surface area contributed by atoms with Crippen LogP contribution in [-0.2, 0) is 14.3 Å². The van der Waals surface area contributed by atoms with Gasteiger partial charge in [-0.1, -0.05) is 12.1 Å². The maximum Gasteiger partial charge on any atom is 0.319 e. The smallest absolute Gasteiger partial charge is 0.319 e. The van der Waals surface area contributed by atoms with Gasteiger partial charge in [-0.25, -0.2) is 0 Å². The van der Waals surface area contributed by atoms with Gasteiger partial charge in [0.05, 0.1) is 11.5 Å². The molecule has 0 saturated carbocycles. The van der Waals surface area contributed by atoms with E-state index in [0.717, 1.165) is 4.90 Å². The number of ether oxygens (including phenoxy) is 1. The van der Waals surface area contributed by atoms with Crippen LogP contribution >= 0.6 is 0 Å². The Bertz CT molecular complexity index is 615. The Balaban J connectivity index is 2.36. The van der Waals surface area contributed by atoms with Gasteiger partial charge in [-0.2, -0.15) is 0 Å². The number of aliphatic hydroxyl groups is 1. The first kappa shape index (κ1) is 16.9. The van der Waals surface area contributed by atoms with Crippen molar-refractivity contribution in [2.75, 3.05) is 13.7 Å². The van der Waals surface area contributed by atoms with E-state index in [-0.39, 0.29) is 18.7 Å². The summed E-state index contributed by atoms with van der Waals surface area (Å²) >= 11 is 0. The lowest BCUT2D eigenvalue weighted by Crippen LogP contribution is -2.51. The van der Waals surface area contributed by atoms with Gasteiger partial charge >= 0.3 is 5.97 Å². The molecule has 8 heteroatoms. The maximum absolute atomic E-state index is 12.4. The molecule has 1 saturated heterocycles. The van der Waals surface area contributed by atoms with E-state index < -0.39 is 34.9 Å². The van der Waals surface area contributed by atoms with E-state index in [0.29, 0.717) is 5.56 Å². The number of rotatable bonds is 4. The van der Waals surface area contributed by atoms with Gasteiger partial charge in [0.1, 0.15) is 12.1 Å². The summed E-state index contributed by atoms with van der Waals surface area (Å²) in [7, 11) is 1.42. The number of hydrogen-bond donors (Lipinski definition) is 1. The number of hydrogen-bond acceptors (Lipinski definition) is 6. The second-order valence-electron chi connectivity index (χ2n) is 5.35. The van der Waals surface area contributed by atoms with E-state index in [1.54, 1.807) is 6.92 Å². The lowest BCUT2D eigenvalue weighted by Gasteiger charge is -2.38. The molecule has 1 N–H and O–H groups in total. The monoisotopic (exact) mass is 322 g/mol. The number of carbonyl (C=O) groups is 2. The van der Waals surface area contributed by atoms with Crippen molar-refractivity contribution in [1.29, 1.82) is 0 Å². The molecule has 0 aliphatic carbocycles. The number of aliphatic hydroxyl groups excluding tert-OH is 1. The highest BCUT2D eigenvalue weighted by Crippen LogP contribution is 2.37. The zero-order valence-corrected chi connectivity index (χ0v) is 12.8. The van der Waals surface area contributed by atoms with Crippen molar-refractivity contribution < 1.29 is 24.4 Å². The second-order valence-corrected chi connectivity index (χ2v) is 5.35. The Labute approximate surface area is 132 Å². The Hall–Kier alpha value is -2.48. The number of likely N-dealkylation sites (tertiary alicyclic amines) is 1. The van der Waals surface area contributed by atoms with Crippen LogP contribution < -0.4 is 0 Å². The zero-order valence-electron chi connectivity index (χ0n) is 12.8. The SMILES string of the molecule is CCOC(=O)[C@@H]1C(=O)N(C)[C@H](O)C[C@H]1c1ccc([N+](=O)[O-])cc1. The van der Waals surface area contributed by atoms with Crippen LogP contribution in [0.25, 0.3) is 0 Å². The first-order valence-corrected chi connectivity index (χ1v) is 7.22. The van der Waals surface area contributed by atoms with Crippen LogP contribution in [-0.4, -0.2) is 46.7 Å². The maximum atomic E-state index is 12.4. The number of nitro groups is 1. The van der Waals surface area contributed by atoms with E-state index in [4.69, 9.17) is 4.74 Å². The summed E-state index contributed by atoms with van der Waals surface area (Å²) in [5, 5.41) is 20.7.